The van der Waals surface area contributed by atoms with Gasteiger partial charge in [-0.3, -0.25) is 0 Å². The van der Waals surface area contributed by atoms with E-state index in [1.165, 1.54) is 13.0 Å². The number of aliphatic hydroxyl groups excluding tert-OH is 1. The monoisotopic (exact) mass is 229 g/mol. The molecule has 4 atom stereocenters. The molecule has 0 heterocycles. The SMILES string of the molecule is CCCN(C)C[C@H](C)[C@@H](C)[C@@H](C)[C@H](C)CO. The van der Waals surface area contributed by atoms with Gasteiger partial charge in [0.2, 0.25) is 0 Å². The molecule has 0 saturated heterocycles. The molecule has 0 aromatic carbocycles. The van der Waals surface area contributed by atoms with Gasteiger partial charge in [0, 0.05) is 13.2 Å². The third kappa shape index (κ3) is 5.31. The van der Waals surface area contributed by atoms with E-state index in [2.05, 4.69) is 46.6 Å². The third-order valence-electron chi connectivity index (χ3n) is 4.12. The van der Waals surface area contributed by atoms with Crippen LogP contribution in [0.4, 0.5) is 0 Å². The molecule has 0 radical (unpaired) electrons. The maximum absolute atomic E-state index is 9.19. The highest BCUT2D eigenvalue weighted by Crippen LogP contribution is 2.27. The summed E-state index contributed by atoms with van der Waals surface area (Å²) in [6, 6.07) is 0. The zero-order valence-corrected chi connectivity index (χ0v) is 12.0. The second-order valence-corrected chi connectivity index (χ2v) is 5.62. The van der Waals surface area contributed by atoms with Crippen LogP contribution >= 0.6 is 0 Å². The molecule has 1 N–H and O–H groups in total. The molecule has 0 aromatic rings. The summed E-state index contributed by atoms with van der Waals surface area (Å²) in [6.45, 7) is 13.9. The summed E-state index contributed by atoms with van der Waals surface area (Å²) in [4.78, 5) is 2.41. The van der Waals surface area contributed by atoms with E-state index in [1.807, 2.05) is 0 Å². The lowest BCUT2D eigenvalue weighted by molar-refractivity contribution is 0.125. The van der Waals surface area contributed by atoms with Gasteiger partial charge < -0.3 is 10.0 Å². The van der Waals surface area contributed by atoms with Crippen LogP contribution in [-0.2, 0) is 0 Å². The highest BCUT2D eigenvalue weighted by atomic mass is 16.3. The second-order valence-electron chi connectivity index (χ2n) is 5.62. The maximum atomic E-state index is 9.19. The van der Waals surface area contributed by atoms with Gasteiger partial charge in [-0.25, -0.2) is 0 Å². The van der Waals surface area contributed by atoms with Gasteiger partial charge in [-0.15, -0.1) is 0 Å². The summed E-state index contributed by atoms with van der Waals surface area (Å²) >= 11 is 0. The normalized spacial score (nSPS) is 19.5. The highest BCUT2D eigenvalue weighted by Gasteiger charge is 2.23. The average Bonchev–Trinajstić information content (AvgIpc) is 2.26. The molecule has 98 valence electrons. The zero-order valence-electron chi connectivity index (χ0n) is 12.0. The lowest BCUT2D eigenvalue weighted by atomic mass is 9.78. The van der Waals surface area contributed by atoms with Crippen LogP contribution < -0.4 is 0 Å². The molecule has 0 fully saturated rings. The molecular formula is C14H31NO. The minimum atomic E-state index is 0.309. The van der Waals surface area contributed by atoms with E-state index >= 15 is 0 Å². The molecule has 0 aliphatic rings. The van der Waals surface area contributed by atoms with Gasteiger partial charge in [0.1, 0.15) is 0 Å². The van der Waals surface area contributed by atoms with E-state index in [0.29, 0.717) is 30.3 Å². The van der Waals surface area contributed by atoms with E-state index in [9.17, 15) is 5.11 Å². The number of rotatable bonds is 8. The molecular weight excluding hydrogens is 198 g/mol. The Morgan fingerprint density at radius 1 is 1.00 bits per heavy atom. The summed E-state index contributed by atoms with van der Waals surface area (Å²) in [6.07, 6.45) is 1.22. The van der Waals surface area contributed by atoms with E-state index in [-0.39, 0.29) is 0 Å². The first kappa shape index (κ1) is 15.9. The van der Waals surface area contributed by atoms with Crippen molar-refractivity contribution in [1.82, 2.24) is 4.90 Å². The van der Waals surface area contributed by atoms with Crippen molar-refractivity contribution in [1.29, 1.82) is 0 Å². The minimum Gasteiger partial charge on any atom is -0.396 e. The van der Waals surface area contributed by atoms with Crippen LogP contribution in [0.2, 0.25) is 0 Å². The minimum absolute atomic E-state index is 0.309. The molecule has 0 rings (SSSR count). The van der Waals surface area contributed by atoms with Gasteiger partial charge in [0.05, 0.1) is 0 Å². The Labute approximate surface area is 102 Å². The van der Waals surface area contributed by atoms with E-state index < -0.39 is 0 Å². The van der Waals surface area contributed by atoms with Crippen molar-refractivity contribution in [3.05, 3.63) is 0 Å². The fraction of sp³-hybridized carbons (Fsp3) is 1.00. The highest BCUT2D eigenvalue weighted by molar-refractivity contribution is 4.74. The first-order chi connectivity index (χ1) is 7.43. The standard InChI is InChI=1S/C14H31NO/c1-7-8-15(6)9-11(2)13(4)14(5)12(3)10-16/h11-14,16H,7-10H2,1-6H3/t11-,12+,13+,14-/m0/s1. The molecule has 16 heavy (non-hydrogen) atoms. The smallest absolute Gasteiger partial charge is 0.0459 e. The van der Waals surface area contributed by atoms with Gasteiger partial charge >= 0.3 is 0 Å². The van der Waals surface area contributed by atoms with Crippen LogP contribution in [0.3, 0.4) is 0 Å². The van der Waals surface area contributed by atoms with E-state index in [0.717, 1.165) is 6.54 Å². The quantitative estimate of drug-likeness (QED) is 0.692. The van der Waals surface area contributed by atoms with Crippen molar-refractivity contribution in [2.75, 3.05) is 26.7 Å². The summed E-state index contributed by atoms with van der Waals surface area (Å²) in [5.74, 6) is 2.37. The summed E-state index contributed by atoms with van der Waals surface area (Å²) in [5, 5.41) is 9.19. The molecule has 0 aliphatic heterocycles. The Hall–Kier alpha value is -0.0800. The Bertz CT molecular complexity index is 172. The van der Waals surface area contributed by atoms with Crippen LogP contribution in [0.15, 0.2) is 0 Å². The zero-order chi connectivity index (χ0) is 12.7. The van der Waals surface area contributed by atoms with E-state index in [1.54, 1.807) is 0 Å². The first-order valence-corrected chi connectivity index (χ1v) is 6.73. The fourth-order valence-electron chi connectivity index (χ4n) is 2.33. The van der Waals surface area contributed by atoms with Crippen molar-refractivity contribution in [2.24, 2.45) is 23.7 Å². The third-order valence-corrected chi connectivity index (χ3v) is 4.12. The van der Waals surface area contributed by atoms with Gasteiger partial charge in [-0.2, -0.15) is 0 Å². The molecule has 0 unspecified atom stereocenters. The summed E-state index contributed by atoms with van der Waals surface area (Å²) in [7, 11) is 2.20. The number of hydrogen-bond donors (Lipinski definition) is 1. The summed E-state index contributed by atoms with van der Waals surface area (Å²) in [5.41, 5.74) is 0. The predicted octanol–water partition coefficient (Wildman–Crippen LogP) is 2.86. The van der Waals surface area contributed by atoms with Gasteiger partial charge in [-0.1, -0.05) is 34.6 Å². The van der Waals surface area contributed by atoms with Crippen LogP contribution in [0.25, 0.3) is 0 Å². The van der Waals surface area contributed by atoms with Gasteiger partial charge in [0.25, 0.3) is 0 Å². The molecule has 0 amide bonds. The van der Waals surface area contributed by atoms with Crippen molar-refractivity contribution < 1.29 is 5.11 Å². The van der Waals surface area contributed by atoms with E-state index in [4.69, 9.17) is 0 Å². The molecule has 2 heteroatoms. The van der Waals surface area contributed by atoms with Crippen molar-refractivity contribution in [3.63, 3.8) is 0 Å². The van der Waals surface area contributed by atoms with Crippen molar-refractivity contribution in [3.8, 4) is 0 Å². The second kappa shape index (κ2) is 8.08. The Morgan fingerprint density at radius 2 is 1.50 bits per heavy atom. The lowest BCUT2D eigenvalue weighted by Crippen LogP contribution is -2.32. The Balaban J connectivity index is 4.11. The maximum Gasteiger partial charge on any atom is 0.0459 e. The predicted molar refractivity (Wildman–Crippen MR) is 71.5 cm³/mol. The number of aliphatic hydroxyl groups is 1. The van der Waals surface area contributed by atoms with Crippen molar-refractivity contribution >= 4 is 0 Å². The van der Waals surface area contributed by atoms with Gasteiger partial charge in [0.15, 0.2) is 0 Å². The average molecular weight is 229 g/mol. The molecule has 0 aromatic heterocycles. The number of nitrogens with zero attached hydrogens (tertiary/aromatic N) is 1. The van der Waals surface area contributed by atoms with Crippen LogP contribution in [0.1, 0.15) is 41.0 Å². The first-order valence-electron chi connectivity index (χ1n) is 6.73. The van der Waals surface area contributed by atoms with Crippen LogP contribution in [-0.4, -0.2) is 36.8 Å². The molecule has 0 bridgehead atoms. The largest absolute Gasteiger partial charge is 0.396 e. The molecule has 0 spiro atoms. The fourth-order valence-corrected chi connectivity index (χ4v) is 2.33. The van der Waals surface area contributed by atoms with Crippen molar-refractivity contribution in [2.45, 2.75) is 41.0 Å². The topological polar surface area (TPSA) is 23.5 Å². The lowest BCUT2D eigenvalue weighted by Gasteiger charge is -2.32. The van der Waals surface area contributed by atoms with Crippen LogP contribution in [0, 0.1) is 23.7 Å². The molecule has 2 nitrogen and oxygen atoms in total. The molecule has 0 saturated carbocycles. The summed E-state index contributed by atoms with van der Waals surface area (Å²) < 4.78 is 0. The van der Waals surface area contributed by atoms with Crippen LogP contribution in [0.5, 0.6) is 0 Å². The Kier molecular flexibility index (Phi) is 8.04. The molecule has 0 aliphatic carbocycles. The van der Waals surface area contributed by atoms with Gasteiger partial charge in [-0.05, 0) is 43.7 Å². The number of hydrogen-bond acceptors (Lipinski definition) is 2. The Morgan fingerprint density at radius 3 is 1.94 bits per heavy atom.